The summed E-state index contributed by atoms with van der Waals surface area (Å²) < 4.78 is 0. The Morgan fingerprint density at radius 3 is 2.81 bits per heavy atom. The summed E-state index contributed by atoms with van der Waals surface area (Å²) in [5, 5.41) is 9.86. The minimum absolute atomic E-state index is 0. The van der Waals surface area contributed by atoms with Crippen LogP contribution in [0.15, 0.2) is 30.5 Å². The second-order valence-electron chi connectivity index (χ2n) is 3.79. The van der Waals surface area contributed by atoms with Gasteiger partial charge in [0.05, 0.1) is 6.42 Å². The zero-order valence-corrected chi connectivity index (χ0v) is 8.53. The summed E-state index contributed by atoms with van der Waals surface area (Å²) in [7, 11) is 0. The third kappa shape index (κ3) is 2.96. The van der Waals surface area contributed by atoms with E-state index in [2.05, 4.69) is 4.98 Å². The molecule has 16 heavy (non-hydrogen) atoms. The van der Waals surface area contributed by atoms with Crippen molar-refractivity contribution in [1.29, 1.82) is 0 Å². The van der Waals surface area contributed by atoms with Gasteiger partial charge in [0.2, 0.25) is 0 Å². The third-order valence-corrected chi connectivity index (χ3v) is 2.63. The Bertz CT molecular complexity index is 492. The summed E-state index contributed by atoms with van der Waals surface area (Å²) in [6, 6.07) is 7.93. The fraction of sp³-hybridized carbons (Fsp3) is 0.250. The Morgan fingerprint density at radius 1 is 1.44 bits per heavy atom. The Labute approximate surface area is 137 Å². The van der Waals surface area contributed by atoms with Gasteiger partial charge in [-0.3, -0.25) is 4.79 Å². The predicted molar refractivity (Wildman–Crippen MR) is 66.1 cm³/mol. The van der Waals surface area contributed by atoms with E-state index in [9.17, 15) is 4.79 Å². The molecule has 0 amide bonds. The van der Waals surface area contributed by atoms with Crippen LogP contribution in [0.5, 0.6) is 0 Å². The maximum absolute atomic E-state index is 10.6. The van der Waals surface area contributed by atoms with Crippen LogP contribution in [0.4, 0.5) is 0 Å². The van der Waals surface area contributed by atoms with Crippen molar-refractivity contribution in [1.82, 2.24) is 4.98 Å². The van der Waals surface area contributed by atoms with Crippen molar-refractivity contribution < 1.29 is 9.90 Å². The Hall–Kier alpha value is -0.134. The summed E-state index contributed by atoms with van der Waals surface area (Å²) in [6.45, 7) is 1.93. The Balaban J connectivity index is 0.00000128. The topological polar surface area (TPSA) is 53.1 Å². The molecule has 1 aromatic heterocycles. The first-order chi connectivity index (χ1) is 7.18. The van der Waals surface area contributed by atoms with Crippen molar-refractivity contribution in [3.63, 3.8) is 0 Å². The van der Waals surface area contributed by atoms with Crippen LogP contribution in [0.25, 0.3) is 10.9 Å². The molecule has 0 fully saturated rings. The van der Waals surface area contributed by atoms with E-state index in [0.29, 0.717) is 0 Å². The molecule has 0 aliphatic heterocycles. The van der Waals surface area contributed by atoms with Gasteiger partial charge in [0.25, 0.3) is 0 Å². The average Bonchev–Trinajstić information content (AvgIpc) is 2.59. The van der Waals surface area contributed by atoms with Crippen molar-refractivity contribution in [2.45, 2.75) is 19.3 Å². The maximum atomic E-state index is 10.6. The summed E-state index contributed by atoms with van der Waals surface area (Å²) in [4.78, 5) is 13.8. The van der Waals surface area contributed by atoms with Gasteiger partial charge in [-0.05, 0) is 17.5 Å². The molecule has 1 unspecified atom stereocenters. The fourth-order valence-electron chi connectivity index (χ4n) is 1.87. The van der Waals surface area contributed by atoms with Crippen LogP contribution in [0, 0.1) is 0 Å². The number of rotatable bonds is 3. The van der Waals surface area contributed by atoms with E-state index in [1.165, 1.54) is 0 Å². The van der Waals surface area contributed by atoms with Gasteiger partial charge < -0.3 is 10.1 Å². The number of carboxylic acids is 1. The number of aromatic amines is 1. The van der Waals surface area contributed by atoms with E-state index in [4.69, 9.17) is 5.11 Å². The molecule has 1 aromatic carbocycles. The summed E-state index contributed by atoms with van der Waals surface area (Å²) in [5.41, 5.74) is 2.14. The number of para-hydroxylation sites is 1. The molecule has 0 aliphatic carbocycles. The van der Waals surface area contributed by atoms with Gasteiger partial charge in [-0.25, -0.2) is 0 Å². The summed E-state index contributed by atoms with van der Waals surface area (Å²) >= 11 is 0. The molecule has 0 aliphatic rings. The van der Waals surface area contributed by atoms with Crippen LogP contribution in [0.3, 0.4) is 0 Å². The molecule has 4 heteroatoms. The molecule has 2 aromatic rings. The zero-order valence-electron chi connectivity index (χ0n) is 8.53. The normalized spacial score (nSPS) is 12.1. The second kappa shape index (κ2) is 5.98. The number of carbonyl (C=O) groups is 1. The molecule has 3 nitrogen and oxygen atoms in total. The number of nitrogens with one attached hydrogen (secondary N) is 1. The molecule has 0 saturated heterocycles. The van der Waals surface area contributed by atoms with E-state index < -0.39 is 5.97 Å². The number of aromatic nitrogens is 1. The average molecular weight is 243 g/mol. The van der Waals surface area contributed by atoms with Gasteiger partial charge in [0, 0.05) is 17.1 Å². The number of fused-ring (bicyclic) bond motifs is 1. The van der Waals surface area contributed by atoms with Crippen molar-refractivity contribution in [2.24, 2.45) is 0 Å². The van der Waals surface area contributed by atoms with Gasteiger partial charge in [-0.1, -0.05) is 25.1 Å². The summed E-state index contributed by atoms with van der Waals surface area (Å²) in [5.74, 6) is -0.716. The number of H-pyrrole nitrogens is 1. The number of benzene rings is 1. The first-order valence-corrected chi connectivity index (χ1v) is 4.96. The van der Waals surface area contributed by atoms with Crippen LogP contribution in [0.2, 0.25) is 0 Å². The Morgan fingerprint density at radius 2 is 2.12 bits per heavy atom. The van der Waals surface area contributed by atoms with Gasteiger partial charge >= 0.3 is 57.4 Å². The standard InChI is InChI=1S/C12H13NO2.K.H/c1-8(6-12(14)15)10-7-13-11-5-3-2-4-9(10)11;;/h2-5,7-8,13H,6H2,1H3,(H,14,15);;. The SMILES string of the molecule is CC(CC(=O)O)c1c[nH]c2ccccc12.[KH]. The van der Waals surface area contributed by atoms with Crippen molar-refractivity contribution >= 4 is 68.3 Å². The number of carboxylic acid groups (broad SMARTS) is 1. The van der Waals surface area contributed by atoms with E-state index in [1.54, 1.807) is 0 Å². The van der Waals surface area contributed by atoms with Gasteiger partial charge in [0.15, 0.2) is 0 Å². The van der Waals surface area contributed by atoms with E-state index >= 15 is 0 Å². The molecule has 0 bridgehead atoms. The molecule has 0 radical (unpaired) electrons. The van der Waals surface area contributed by atoms with Crippen molar-refractivity contribution in [2.75, 3.05) is 0 Å². The minimum atomic E-state index is -0.757. The predicted octanol–water partition coefficient (Wildman–Crippen LogP) is 2.10. The van der Waals surface area contributed by atoms with Gasteiger partial charge in [-0.2, -0.15) is 0 Å². The monoisotopic (exact) mass is 243 g/mol. The molecular weight excluding hydrogens is 229 g/mol. The van der Waals surface area contributed by atoms with E-state index in [0.717, 1.165) is 16.5 Å². The van der Waals surface area contributed by atoms with Crippen LogP contribution < -0.4 is 0 Å². The molecule has 2 N–H and O–H groups in total. The van der Waals surface area contributed by atoms with Crippen LogP contribution in [-0.4, -0.2) is 67.4 Å². The first kappa shape index (κ1) is 13.9. The second-order valence-corrected chi connectivity index (χ2v) is 3.79. The number of aliphatic carboxylic acids is 1. The molecular formula is C12H14KNO2. The zero-order chi connectivity index (χ0) is 10.8. The summed E-state index contributed by atoms with van der Waals surface area (Å²) in [6.07, 6.45) is 2.07. The molecule has 1 atom stereocenters. The van der Waals surface area contributed by atoms with Crippen LogP contribution in [-0.2, 0) is 4.79 Å². The van der Waals surface area contributed by atoms with Crippen molar-refractivity contribution in [3.05, 3.63) is 36.0 Å². The Kier molecular flexibility index (Phi) is 5.20. The molecule has 0 saturated carbocycles. The van der Waals surface area contributed by atoms with Crippen LogP contribution >= 0.6 is 0 Å². The first-order valence-electron chi connectivity index (χ1n) is 4.96. The van der Waals surface area contributed by atoms with Gasteiger partial charge in [0.1, 0.15) is 0 Å². The molecule has 80 valence electrons. The van der Waals surface area contributed by atoms with E-state index in [-0.39, 0.29) is 63.7 Å². The van der Waals surface area contributed by atoms with Gasteiger partial charge in [-0.15, -0.1) is 0 Å². The molecule has 2 rings (SSSR count). The van der Waals surface area contributed by atoms with Crippen LogP contribution in [0.1, 0.15) is 24.8 Å². The number of hydrogen-bond donors (Lipinski definition) is 2. The third-order valence-electron chi connectivity index (χ3n) is 2.63. The number of hydrogen-bond acceptors (Lipinski definition) is 1. The molecule has 1 heterocycles. The van der Waals surface area contributed by atoms with Crippen molar-refractivity contribution in [3.8, 4) is 0 Å². The quantitative estimate of drug-likeness (QED) is 0.811. The fourth-order valence-corrected chi connectivity index (χ4v) is 1.87. The molecule has 0 spiro atoms. The van der Waals surface area contributed by atoms with E-state index in [1.807, 2.05) is 37.4 Å².